The molecular weight excluding hydrogens is 348 g/mol. The first-order valence-corrected chi connectivity index (χ1v) is 9.11. The summed E-state index contributed by atoms with van der Waals surface area (Å²) in [5.41, 5.74) is 1.83. The highest BCUT2D eigenvalue weighted by Crippen LogP contribution is 2.25. The van der Waals surface area contributed by atoms with Gasteiger partial charge < -0.3 is 5.32 Å². The molecule has 134 valence electrons. The van der Waals surface area contributed by atoms with E-state index in [1.807, 2.05) is 24.3 Å². The second kappa shape index (κ2) is 8.50. The fourth-order valence-corrected chi connectivity index (χ4v) is 2.94. The lowest BCUT2D eigenvalue weighted by Gasteiger charge is -2.09. The van der Waals surface area contributed by atoms with Gasteiger partial charge >= 0.3 is 6.03 Å². The van der Waals surface area contributed by atoms with Crippen LogP contribution in [0.1, 0.15) is 19.5 Å². The topological polar surface area (TPSA) is 91.8 Å². The molecule has 3 rings (SSSR count). The standard InChI is InChI=1S/C18H20N6OS/c1-12(2)20-10-14-4-3-5-15(21-14)23-18(25)24-16-11-26-17(22-16)13-6-8-19-9-7-13/h3-9,11-12,20H,10H2,1-2H3,(H2,21,23,24,25). The average Bonchev–Trinajstić information content (AvgIpc) is 3.09. The first-order valence-electron chi connectivity index (χ1n) is 8.23. The Hall–Kier alpha value is -2.84. The largest absolute Gasteiger partial charge is 0.326 e. The van der Waals surface area contributed by atoms with Gasteiger partial charge in [0, 0.05) is 35.9 Å². The summed E-state index contributed by atoms with van der Waals surface area (Å²) in [6.45, 7) is 4.80. The molecule has 0 radical (unpaired) electrons. The molecule has 0 saturated heterocycles. The Morgan fingerprint density at radius 2 is 1.85 bits per heavy atom. The maximum atomic E-state index is 12.2. The Kier molecular flexibility index (Phi) is 5.88. The summed E-state index contributed by atoms with van der Waals surface area (Å²) in [6, 6.07) is 9.28. The van der Waals surface area contributed by atoms with Crippen molar-refractivity contribution in [2.24, 2.45) is 0 Å². The second-order valence-electron chi connectivity index (χ2n) is 5.90. The maximum Gasteiger partial charge on any atom is 0.326 e. The number of anilines is 2. The van der Waals surface area contributed by atoms with E-state index in [0.29, 0.717) is 24.2 Å². The van der Waals surface area contributed by atoms with Crippen LogP contribution in [0.25, 0.3) is 10.6 Å². The third-order valence-corrected chi connectivity index (χ3v) is 4.30. The van der Waals surface area contributed by atoms with Crippen molar-refractivity contribution in [2.45, 2.75) is 26.4 Å². The van der Waals surface area contributed by atoms with Crippen molar-refractivity contribution in [3.8, 4) is 10.6 Å². The van der Waals surface area contributed by atoms with Gasteiger partial charge in [-0.1, -0.05) is 19.9 Å². The summed E-state index contributed by atoms with van der Waals surface area (Å²) in [6.07, 6.45) is 3.42. The van der Waals surface area contributed by atoms with Crippen molar-refractivity contribution >= 4 is 29.0 Å². The predicted molar refractivity (Wildman–Crippen MR) is 104 cm³/mol. The van der Waals surface area contributed by atoms with E-state index in [4.69, 9.17) is 0 Å². The van der Waals surface area contributed by atoms with Gasteiger partial charge in [0.1, 0.15) is 16.6 Å². The minimum absolute atomic E-state index is 0.371. The van der Waals surface area contributed by atoms with E-state index in [1.165, 1.54) is 11.3 Å². The maximum absolute atomic E-state index is 12.2. The number of nitrogens with zero attached hydrogens (tertiary/aromatic N) is 3. The van der Waals surface area contributed by atoms with Gasteiger partial charge in [0.15, 0.2) is 0 Å². The Bertz CT molecular complexity index is 865. The molecule has 0 aliphatic rings. The number of amides is 2. The average molecular weight is 368 g/mol. The summed E-state index contributed by atoms with van der Waals surface area (Å²) >= 11 is 1.46. The van der Waals surface area contributed by atoms with Crippen molar-refractivity contribution in [3.05, 3.63) is 53.8 Å². The quantitative estimate of drug-likeness (QED) is 0.616. The van der Waals surface area contributed by atoms with Crippen LogP contribution in [0.4, 0.5) is 16.4 Å². The van der Waals surface area contributed by atoms with E-state index in [9.17, 15) is 4.79 Å². The number of nitrogens with one attached hydrogen (secondary N) is 3. The van der Waals surface area contributed by atoms with E-state index in [1.54, 1.807) is 23.8 Å². The van der Waals surface area contributed by atoms with Crippen LogP contribution in [-0.4, -0.2) is 27.0 Å². The van der Waals surface area contributed by atoms with Crippen LogP contribution in [0.15, 0.2) is 48.1 Å². The molecule has 7 nitrogen and oxygen atoms in total. The number of carbonyl (C=O) groups is 1. The first kappa shape index (κ1) is 18.0. The van der Waals surface area contributed by atoms with Gasteiger partial charge in [0.25, 0.3) is 0 Å². The predicted octanol–water partition coefficient (Wildman–Crippen LogP) is 3.74. The van der Waals surface area contributed by atoms with Gasteiger partial charge in [-0.05, 0) is 24.3 Å². The van der Waals surface area contributed by atoms with Crippen molar-refractivity contribution < 1.29 is 4.79 Å². The number of thiazole rings is 1. The molecule has 3 aromatic heterocycles. The molecule has 0 saturated carbocycles. The monoisotopic (exact) mass is 368 g/mol. The normalized spacial score (nSPS) is 10.7. The fraction of sp³-hybridized carbons (Fsp3) is 0.222. The number of hydrogen-bond acceptors (Lipinski definition) is 6. The number of urea groups is 1. The van der Waals surface area contributed by atoms with Gasteiger partial charge in [0.2, 0.25) is 0 Å². The summed E-state index contributed by atoms with van der Waals surface area (Å²) in [4.78, 5) is 25.0. The lowest BCUT2D eigenvalue weighted by molar-refractivity contribution is 0.262. The Morgan fingerprint density at radius 3 is 2.62 bits per heavy atom. The third-order valence-electron chi connectivity index (χ3n) is 3.41. The number of carbonyl (C=O) groups excluding carboxylic acids is 1. The molecule has 3 heterocycles. The number of pyridine rings is 2. The first-order chi connectivity index (χ1) is 12.6. The number of rotatable bonds is 6. The van der Waals surface area contributed by atoms with Gasteiger partial charge in [0.05, 0.1) is 5.69 Å². The second-order valence-corrected chi connectivity index (χ2v) is 6.76. The van der Waals surface area contributed by atoms with E-state index in [-0.39, 0.29) is 6.03 Å². The molecule has 0 spiro atoms. The van der Waals surface area contributed by atoms with E-state index in [0.717, 1.165) is 16.3 Å². The zero-order chi connectivity index (χ0) is 18.4. The molecule has 3 N–H and O–H groups in total. The molecule has 0 fully saturated rings. The smallest absolute Gasteiger partial charge is 0.309 e. The fourth-order valence-electron chi connectivity index (χ4n) is 2.18. The van der Waals surface area contributed by atoms with Crippen LogP contribution < -0.4 is 16.0 Å². The summed E-state index contributed by atoms with van der Waals surface area (Å²) in [5.74, 6) is 0.993. The highest BCUT2D eigenvalue weighted by molar-refractivity contribution is 7.13. The molecule has 0 unspecified atom stereocenters. The SMILES string of the molecule is CC(C)NCc1cccc(NC(=O)Nc2csc(-c3ccncc3)n2)n1. The molecule has 8 heteroatoms. The van der Waals surface area contributed by atoms with Crippen LogP contribution in [-0.2, 0) is 6.54 Å². The van der Waals surface area contributed by atoms with Crippen LogP contribution in [0.2, 0.25) is 0 Å². The van der Waals surface area contributed by atoms with Gasteiger partial charge in [-0.25, -0.2) is 14.8 Å². The van der Waals surface area contributed by atoms with E-state index >= 15 is 0 Å². The van der Waals surface area contributed by atoms with Gasteiger partial charge in [-0.15, -0.1) is 11.3 Å². The van der Waals surface area contributed by atoms with Gasteiger partial charge in [-0.3, -0.25) is 15.6 Å². The third kappa shape index (κ3) is 5.08. The lowest BCUT2D eigenvalue weighted by Crippen LogP contribution is -2.23. The number of aromatic nitrogens is 3. The minimum Gasteiger partial charge on any atom is -0.309 e. The molecule has 0 aliphatic heterocycles. The van der Waals surface area contributed by atoms with Gasteiger partial charge in [-0.2, -0.15) is 0 Å². The van der Waals surface area contributed by atoms with Crippen molar-refractivity contribution in [1.29, 1.82) is 0 Å². The van der Waals surface area contributed by atoms with Crippen molar-refractivity contribution in [2.75, 3.05) is 10.6 Å². The van der Waals surface area contributed by atoms with E-state index < -0.39 is 0 Å². The minimum atomic E-state index is -0.377. The molecule has 3 aromatic rings. The molecule has 2 amide bonds. The van der Waals surface area contributed by atoms with Crippen LogP contribution in [0.3, 0.4) is 0 Å². The molecule has 0 aromatic carbocycles. The molecule has 0 atom stereocenters. The summed E-state index contributed by atoms with van der Waals surface area (Å²) in [7, 11) is 0. The van der Waals surface area contributed by atoms with Crippen LogP contribution in [0.5, 0.6) is 0 Å². The number of hydrogen-bond donors (Lipinski definition) is 3. The van der Waals surface area contributed by atoms with Crippen LogP contribution in [0, 0.1) is 0 Å². The van der Waals surface area contributed by atoms with Crippen LogP contribution >= 0.6 is 11.3 Å². The molecule has 26 heavy (non-hydrogen) atoms. The lowest BCUT2D eigenvalue weighted by atomic mass is 10.3. The summed E-state index contributed by atoms with van der Waals surface area (Å²) < 4.78 is 0. The van der Waals surface area contributed by atoms with Crippen molar-refractivity contribution in [1.82, 2.24) is 20.3 Å². The zero-order valence-corrected chi connectivity index (χ0v) is 15.4. The Labute approximate surface area is 155 Å². The van der Waals surface area contributed by atoms with E-state index in [2.05, 4.69) is 44.7 Å². The Morgan fingerprint density at radius 1 is 1.08 bits per heavy atom. The molecule has 0 aliphatic carbocycles. The molecule has 0 bridgehead atoms. The summed E-state index contributed by atoms with van der Waals surface area (Å²) in [5, 5.41) is 11.4. The highest BCUT2D eigenvalue weighted by atomic mass is 32.1. The Balaban J connectivity index is 1.59. The zero-order valence-electron chi connectivity index (χ0n) is 14.6. The highest BCUT2D eigenvalue weighted by Gasteiger charge is 2.09. The molecular formula is C18H20N6OS. The van der Waals surface area contributed by atoms with Crippen molar-refractivity contribution in [3.63, 3.8) is 0 Å².